The molecule has 4 aromatic rings. The summed E-state index contributed by atoms with van der Waals surface area (Å²) < 4.78 is 79.6. The molecule has 0 amide bonds. The van der Waals surface area contributed by atoms with Crippen LogP contribution in [0.2, 0.25) is 0 Å². The van der Waals surface area contributed by atoms with Gasteiger partial charge in [0.25, 0.3) is 0 Å². The Balaban J connectivity index is 1.97. The van der Waals surface area contributed by atoms with Crippen LogP contribution in [0.3, 0.4) is 0 Å². The molecular formula is C21H12F5N3O3. The maximum Gasteiger partial charge on any atom is 0.434 e. The summed E-state index contributed by atoms with van der Waals surface area (Å²) in [5.41, 5.74) is -2.72. The fourth-order valence-electron chi connectivity index (χ4n) is 3.19. The van der Waals surface area contributed by atoms with E-state index in [9.17, 15) is 26.7 Å². The molecule has 32 heavy (non-hydrogen) atoms. The second kappa shape index (κ2) is 7.91. The van der Waals surface area contributed by atoms with Crippen LogP contribution in [0.25, 0.3) is 28.3 Å². The summed E-state index contributed by atoms with van der Waals surface area (Å²) >= 11 is 0. The maximum atomic E-state index is 14.0. The van der Waals surface area contributed by atoms with E-state index >= 15 is 0 Å². The fourth-order valence-corrected chi connectivity index (χ4v) is 3.19. The van der Waals surface area contributed by atoms with Gasteiger partial charge >= 0.3 is 12.1 Å². The first-order valence-electron chi connectivity index (χ1n) is 8.96. The zero-order valence-electron chi connectivity index (χ0n) is 16.2. The van der Waals surface area contributed by atoms with Crippen molar-refractivity contribution in [2.24, 2.45) is 0 Å². The van der Waals surface area contributed by atoms with Crippen LogP contribution in [0, 0.1) is 11.6 Å². The van der Waals surface area contributed by atoms with Gasteiger partial charge in [0.1, 0.15) is 22.9 Å². The molecule has 0 saturated carbocycles. The van der Waals surface area contributed by atoms with Gasteiger partial charge in [-0.3, -0.25) is 0 Å². The number of hydrogen-bond acceptors (Lipinski definition) is 5. The first-order valence-corrected chi connectivity index (χ1v) is 8.96. The normalized spacial score (nSPS) is 11.6. The number of benzene rings is 2. The van der Waals surface area contributed by atoms with Gasteiger partial charge in [0.2, 0.25) is 0 Å². The summed E-state index contributed by atoms with van der Waals surface area (Å²) in [6.07, 6.45) is -4.16. The van der Waals surface area contributed by atoms with E-state index < -0.39 is 46.4 Å². The lowest BCUT2D eigenvalue weighted by molar-refractivity contribution is -0.142. The molecule has 0 N–H and O–H groups in total. The fraction of sp³-hybridized carbons (Fsp3) is 0.0952. The SMILES string of the molecule is COC(=O)c1c(-c2cccc(F)c2)noc1-c1cnn(-c2cccc(F)c2)c1C(F)(F)F. The number of carbonyl (C=O) groups excluding carboxylic acids is 1. The topological polar surface area (TPSA) is 70.2 Å². The number of alkyl halides is 3. The Morgan fingerprint density at radius 3 is 2.38 bits per heavy atom. The van der Waals surface area contributed by atoms with Gasteiger partial charge in [-0.1, -0.05) is 23.4 Å². The Morgan fingerprint density at radius 1 is 1.06 bits per heavy atom. The lowest BCUT2D eigenvalue weighted by Gasteiger charge is -2.12. The van der Waals surface area contributed by atoms with E-state index in [1.54, 1.807) is 0 Å². The number of carbonyl (C=O) groups is 1. The lowest BCUT2D eigenvalue weighted by atomic mass is 10.0. The Kier molecular flexibility index (Phi) is 5.25. The van der Waals surface area contributed by atoms with Gasteiger partial charge in [0.05, 0.1) is 24.6 Å². The molecule has 164 valence electrons. The van der Waals surface area contributed by atoms with Crippen molar-refractivity contribution in [3.8, 4) is 28.3 Å². The van der Waals surface area contributed by atoms with Crippen molar-refractivity contribution >= 4 is 5.97 Å². The number of hydrogen-bond donors (Lipinski definition) is 0. The lowest BCUT2D eigenvalue weighted by Crippen LogP contribution is -2.15. The standard InChI is InChI=1S/C21H12F5N3O3/c1-31-20(30)16-17(11-4-2-5-12(22)8-11)28-32-18(16)15-10-27-29(19(15)21(24,25)26)14-7-3-6-13(23)9-14/h2-10H,1H3. The van der Waals surface area contributed by atoms with E-state index in [4.69, 9.17) is 9.26 Å². The summed E-state index contributed by atoms with van der Waals surface area (Å²) in [4.78, 5) is 12.5. The van der Waals surface area contributed by atoms with Crippen molar-refractivity contribution in [1.82, 2.24) is 14.9 Å². The molecule has 0 saturated heterocycles. The highest BCUT2D eigenvalue weighted by Crippen LogP contribution is 2.41. The molecule has 6 nitrogen and oxygen atoms in total. The van der Waals surface area contributed by atoms with Crippen LogP contribution in [-0.4, -0.2) is 28.0 Å². The summed E-state index contributed by atoms with van der Waals surface area (Å²) in [5.74, 6) is -3.05. The molecular weight excluding hydrogens is 437 g/mol. The molecule has 0 unspecified atom stereocenters. The number of aromatic nitrogens is 3. The largest absolute Gasteiger partial charge is 0.465 e. The van der Waals surface area contributed by atoms with E-state index in [-0.39, 0.29) is 16.9 Å². The van der Waals surface area contributed by atoms with Crippen LogP contribution in [0.4, 0.5) is 22.0 Å². The first-order chi connectivity index (χ1) is 15.2. The third kappa shape index (κ3) is 3.72. The van der Waals surface area contributed by atoms with Crippen molar-refractivity contribution in [1.29, 1.82) is 0 Å². The third-order valence-electron chi connectivity index (χ3n) is 4.51. The van der Waals surface area contributed by atoms with E-state index in [0.29, 0.717) is 4.68 Å². The number of nitrogens with zero attached hydrogens (tertiary/aromatic N) is 3. The average molecular weight is 449 g/mol. The Hall–Kier alpha value is -4.02. The summed E-state index contributed by atoms with van der Waals surface area (Å²) in [6, 6.07) is 9.31. The molecule has 2 aromatic heterocycles. The zero-order valence-corrected chi connectivity index (χ0v) is 16.2. The van der Waals surface area contributed by atoms with Crippen molar-refractivity contribution < 1.29 is 36.0 Å². The van der Waals surface area contributed by atoms with Crippen LogP contribution in [-0.2, 0) is 10.9 Å². The number of halogens is 5. The van der Waals surface area contributed by atoms with Crippen LogP contribution in [0.1, 0.15) is 16.1 Å². The highest BCUT2D eigenvalue weighted by molar-refractivity contribution is 6.02. The van der Waals surface area contributed by atoms with E-state index in [1.165, 1.54) is 24.3 Å². The third-order valence-corrected chi connectivity index (χ3v) is 4.51. The second-order valence-electron chi connectivity index (χ2n) is 6.53. The number of methoxy groups -OCH3 is 1. The number of ether oxygens (including phenoxy) is 1. The van der Waals surface area contributed by atoms with Crippen molar-refractivity contribution in [3.63, 3.8) is 0 Å². The van der Waals surface area contributed by atoms with E-state index in [0.717, 1.165) is 37.6 Å². The van der Waals surface area contributed by atoms with Gasteiger partial charge in [-0.15, -0.1) is 0 Å². The highest BCUT2D eigenvalue weighted by Gasteiger charge is 2.42. The summed E-state index contributed by atoms with van der Waals surface area (Å²) in [6.45, 7) is 0. The number of esters is 1. The minimum absolute atomic E-state index is 0.0893. The van der Waals surface area contributed by atoms with Crippen LogP contribution in [0.5, 0.6) is 0 Å². The molecule has 0 spiro atoms. The summed E-state index contributed by atoms with van der Waals surface area (Å²) in [5, 5.41) is 7.41. The Labute approximate surface area is 176 Å². The molecule has 2 aromatic carbocycles. The highest BCUT2D eigenvalue weighted by atomic mass is 19.4. The van der Waals surface area contributed by atoms with Crippen LogP contribution < -0.4 is 0 Å². The smallest absolute Gasteiger partial charge is 0.434 e. The van der Waals surface area contributed by atoms with Gasteiger partial charge in [-0.2, -0.15) is 18.3 Å². The summed E-state index contributed by atoms with van der Waals surface area (Å²) in [7, 11) is 1.02. The van der Waals surface area contributed by atoms with Crippen molar-refractivity contribution in [2.75, 3.05) is 7.11 Å². The molecule has 0 atom stereocenters. The molecule has 2 heterocycles. The molecule has 0 bridgehead atoms. The Bertz CT molecular complexity index is 1310. The Morgan fingerprint density at radius 2 is 1.75 bits per heavy atom. The van der Waals surface area contributed by atoms with E-state index in [2.05, 4.69) is 10.3 Å². The molecule has 0 aliphatic carbocycles. The molecule has 0 radical (unpaired) electrons. The molecule has 0 aliphatic heterocycles. The predicted octanol–water partition coefficient (Wildman–Crippen LogP) is 5.28. The van der Waals surface area contributed by atoms with Crippen LogP contribution in [0.15, 0.2) is 59.3 Å². The van der Waals surface area contributed by atoms with Gasteiger partial charge in [0, 0.05) is 5.56 Å². The molecule has 0 fully saturated rings. The van der Waals surface area contributed by atoms with Crippen LogP contribution >= 0.6 is 0 Å². The predicted molar refractivity (Wildman–Crippen MR) is 101 cm³/mol. The molecule has 0 aliphatic rings. The van der Waals surface area contributed by atoms with Gasteiger partial charge in [0.15, 0.2) is 11.5 Å². The first kappa shape index (κ1) is 21.2. The molecule has 4 rings (SSSR count). The van der Waals surface area contributed by atoms with Crippen molar-refractivity contribution in [3.05, 3.63) is 77.6 Å². The minimum Gasteiger partial charge on any atom is -0.465 e. The van der Waals surface area contributed by atoms with Gasteiger partial charge < -0.3 is 9.26 Å². The number of rotatable bonds is 4. The monoisotopic (exact) mass is 449 g/mol. The zero-order chi connectivity index (χ0) is 23.0. The second-order valence-corrected chi connectivity index (χ2v) is 6.53. The maximum absolute atomic E-state index is 14.0. The molecule has 11 heteroatoms. The average Bonchev–Trinajstić information content (AvgIpc) is 3.37. The van der Waals surface area contributed by atoms with Crippen molar-refractivity contribution in [2.45, 2.75) is 6.18 Å². The van der Waals surface area contributed by atoms with Gasteiger partial charge in [-0.05, 0) is 30.3 Å². The quantitative estimate of drug-likeness (QED) is 0.313. The van der Waals surface area contributed by atoms with E-state index in [1.807, 2.05) is 0 Å². The minimum atomic E-state index is -4.97. The van der Waals surface area contributed by atoms with Gasteiger partial charge in [-0.25, -0.2) is 18.3 Å².